The van der Waals surface area contributed by atoms with Crippen LogP contribution < -0.4 is 5.32 Å². The highest BCUT2D eigenvalue weighted by Gasteiger charge is 2.36. The van der Waals surface area contributed by atoms with E-state index in [2.05, 4.69) is 40.5 Å². The van der Waals surface area contributed by atoms with E-state index in [9.17, 15) is 0 Å². The standard InChI is InChI=1S/C18H26N2/c1-2-4-15(5-3-1)16-10-17(19-11-14-6-7-14)13-20(12-16)18-8-9-18/h1-5,14,16-19H,6-13H2. The van der Waals surface area contributed by atoms with Gasteiger partial charge < -0.3 is 5.32 Å². The lowest BCUT2D eigenvalue weighted by atomic mass is 9.88. The van der Waals surface area contributed by atoms with Crippen molar-refractivity contribution >= 4 is 0 Å². The predicted molar refractivity (Wildman–Crippen MR) is 82.9 cm³/mol. The monoisotopic (exact) mass is 270 g/mol. The van der Waals surface area contributed by atoms with E-state index in [4.69, 9.17) is 0 Å². The van der Waals surface area contributed by atoms with Crippen LogP contribution in [0.4, 0.5) is 0 Å². The second-order valence-corrected chi connectivity index (χ2v) is 7.08. The summed E-state index contributed by atoms with van der Waals surface area (Å²) in [5.74, 6) is 1.71. The molecule has 108 valence electrons. The fourth-order valence-corrected chi connectivity index (χ4v) is 3.64. The van der Waals surface area contributed by atoms with Crippen molar-refractivity contribution in [2.75, 3.05) is 19.6 Å². The zero-order valence-corrected chi connectivity index (χ0v) is 12.3. The van der Waals surface area contributed by atoms with Crippen LogP contribution in [0.15, 0.2) is 30.3 Å². The summed E-state index contributed by atoms with van der Waals surface area (Å²) in [5, 5.41) is 3.85. The number of likely N-dealkylation sites (tertiary alicyclic amines) is 1. The smallest absolute Gasteiger partial charge is 0.0201 e. The molecule has 1 aromatic carbocycles. The van der Waals surface area contributed by atoms with E-state index >= 15 is 0 Å². The van der Waals surface area contributed by atoms with Gasteiger partial charge in [0.25, 0.3) is 0 Å². The Morgan fingerprint density at radius 1 is 1.00 bits per heavy atom. The number of nitrogens with one attached hydrogen (secondary N) is 1. The Bertz CT molecular complexity index is 436. The molecular weight excluding hydrogens is 244 g/mol. The van der Waals surface area contributed by atoms with E-state index in [0.717, 1.165) is 17.9 Å². The van der Waals surface area contributed by atoms with Crippen LogP contribution in [-0.4, -0.2) is 36.6 Å². The minimum absolute atomic E-state index is 0.704. The van der Waals surface area contributed by atoms with Gasteiger partial charge in [0, 0.05) is 25.2 Å². The minimum atomic E-state index is 0.704. The van der Waals surface area contributed by atoms with Crippen LogP contribution in [0.1, 0.15) is 43.6 Å². The van der Waals surface area contributed by atoms with Gasteiger partial charge in [0.05, 0.1) is 0 Å². The number of hydrogen-bond donors (Lipinski definition) is 1. The fraction of sp³-hybridized carbons (Fsp3) is 0.667. The van der Waals surface area contributed by atoms with Crippen molar-refractivity contribution in [2.24, 2.45) is 5.92 Å². The van der Waals surface area contributed by atoms with Gasteiger partial charge in [0.1, 0.15) is 0 Å². The molecule has 1 saturated heterocycles. The van der Waals surface area contributed by atoms with Crippen molar-refractivity contribution in [3.8, 4) is 0 Å². The molecule has 2 unspecified atom stereocenters. The van der Waals surface area contributed by atoms with Gasteiger partial charge in [-0.25, -0.2) is 0 Å². The maximum absolute atomic E-state index is 3.85. The van der Waals surface area contributed by atoms with Gasteiger partial charge in [-0.1, -0.05) is 30.3 Å². The van der Waals surface area contributed by atoms with Crippen LogP contribution in [0.2, 0.25) is 0 Å². The highest BCUT2D eigenvalue weighted by molar-refractivity contribution is 5.21. The predicted octanol–water partition coefficient (Wildman–Crippen LogP) is 3.01. The summed E-state index contributed by atoms with van der Waals surface area (Å²) >= 11 is 0. The quantitative estimate of drug-likeness (QED) is 0.885. The van der Waals surface area contributed by atoms with Gasteiger partial charge in [-0.15, -0.1) is 0 Å². The zero-order valence-electron chi connectivity index (χ0n) is 12.3. The molecule has 2 atom stereocenters. The molecule has 0 spiro atoms. The molecular formula is C18H26N2. The summed E-state index contributed by atoms with van der Waals surface area (Å²) in [4.78, 5) is 2.76. The molecule has 2 nitrogen and oxygen atoms in total. The van der Waals surface area contributed by atoms with Crippen molar-refractivity contribution in [3.05, 3.63) is 35.9 Å². The number of benzene rings is 1. The molecule has 4 rings (SSSR count). The maximum atomic E-state index is 3.85. The Balaban J connectivity index is 1.43. The first-order valence-corrected chi connectivity index (χ1v) is 8.41. The van der Waals surface area contributed by atoms with E-state index in [1.54, 1.807) is 0 Å². The minimum Gasteiger partial charge on any atom is -0.312 e. The largest absolute Gasteiger partial charge is 0.312 e. The van der Waals surface area contributed by atoms with Crippen LogP contribution in [-0.2, 0) is 0 Å². The third kappa shape index (κ3) is 3.07. The average molecular weight is 270 g/mol. The zero-order chi connectivity index (χ0) is 13.4. The highest BCUT2D eigenvalue weighted by Crippen LogP contribution is 2.35. The first-order chi connectivity index (χ1) is 9.88. The SMILES string of the molecule is c1ccc(C2CC(NCC3CC3)CN(C3CC3)C2)cc1. The second-order valence-electron chi connectivity index (χ2n) is 7.08. The van der Waals surface area contributed by atoms with Crippen LogP contribution in [0.5, 0.6) is 0 Å². The third-order valence-electron chi connectivity index (χ3n) is 5.21. The molecule has 1 aliphatic heterocycles. The van der Waals surface area contributed by atoms with Crippen LogP contribution >= 0.6 is 0 Å². The average Bonchev–Trinajstić information content (AvgIpc) is 3.40. The molecule has 3 aliphatic rings. The summed E-state index contributed by atoms with van der Waals surface area (Å²) in [6, 6.07) is 12.8. The van der Waals surface area contributed by atoms with Crippen molar-refractivity contribution in [1.29, 1.82) is 0 Å². The number of rotatable bonds is 5. The van der Waals surface area contributed by atoms with E-state index < -0.39 is 0 Å². The topological polar surface area (TPSA) is 15.3 Å². The van der Waals surface area contributed by atoms with Crippen LogP contribution in [0.25, 0.3) is 0 Å². The Morgan fingerprint density at radius 2 is 1.80 bits per heavy atom. The van der Waals surface area contributed by atoms with Crippen molar-refractivity contribution < 1.29 is 0 Å². The molecule has 2 saturated carbocycles. The lowest BCUT2D eigenvalue weighted by molar-refractivity contribution is 0.163. The highest BCUT2D eigenvalue weighted by atomic mass is 15.2. The number of piperidine rings is 1. The van der Waals surface area contributed by atoms with E-state index in [-0.39, 0.29) is 0 Å². The summed E-state index contributed by atoms with van der Waals surface area (Å²) in [5.41, 5.74) is 1.54. The first kappa shape index (κ1) is 12.8. The van der Waals surface area contributed by atoms with Crippen molar-refractivity contribution in [2.45, 2.75) is 50.1 Å². The molecule has 0 bridgehead atoms. The molecule has 0 amide bonds. The maximum Gasteiger partial charge on any atom is 0.0201 e. The van der Waals surface area contributed by atoms with Gasteiger partial charge in [-0.2, -0.15) is 0 Å². The number of nitrogens with zero attached hydrogens (tertiary/aromatic N) is 1. The van der Waals surface area contributed by atoms with Gasteiger partial charge in [-0.05, 0) is 56.0 Å². The summed E-state index contributed by atoms with van der Waals surface area (Å²) in [6.45, 7) is 3.81. The van der Waals surface area contributed by atoms with E-state index in [1.807, 2.05) is 0 Å². The Labute approximate surface area is 122 Å². The fourth-order valence-electron chi connectivity index (χ4n) is 3.64. The van der Waals surface area contributed by atoms with Gasteiger partial charge in [0.15, 0.2) is 0 Å². The molecule has 2 heteroatoms. The summed E-state index contributed by atoms with van der Waals surface area (Å²) < 4.78 is 0. The molecule has 1 N–H and O–H groups in total. The van der Waals surface area contributed by atoms with Gasteiger partial charge in [-0.3, -0.25) is 4.90 Å². The molecule has 20 heavy (non-hydrogen) atoms. The van der Waals surface area contributed by atoms with Crippen LogP contribution in [0.3, 0.4) is 0 Å². The van der Waals surface area contributed by atoms with Gasteiger partial charge in [0.2, 0.25) is 0 Å². The van der Waals surface area contributed by atoms with Crippen molar-refractivity contribution in [3.63, 3.8) is 0 Å². The van der Waals surface area contributed by atoms with Crippen LogP contribution in [0, 0.1) is 5.92 Å². The molecule has 0 aromatic heterocycles. The molecule has 1 aromatic rings. The Hall–Kier alpha value is -0.860. The van der Waals surface area contributed by atoms with E-state index in [1.165, 1.54) is 57.3 Å². The Morgan fingerprint density at radius 3 is 2.50 bits per heavy atom. The van der Waals surface area contributed by atoms with Gasteiger partial charge >= 0.3 is 0 Å². The normalized spacial score (nSPS) is 31.4. The molecule has 0 radical (unpaired) electrons. The summed E-state index contributed by atoms with van der Waals surface area (Å²) in [7, 11) is 0. The van der Waals surface area contributed by atoms with E-state index in [0.29, 0.717) is 6.04 Å². The molecule has 1 heterocycles. The number of hydrogen-bond acceptors (Lipinski definition) is 2. The van der Waals surface area contributed by atoms with Crippen molar-refractivity contribution in [1.82, 2.24) is 10.2 Å². The third-order valence-corrected chi connectivity index (χ3v) is 5.21. The Kier molecular flexibility index (Phi) is 3.53. The molecule has 2 aliphatic carbocycles. The molecule has 3 fully saturated rings. The summed E-state index contributed by atoms with van der Waals surface area (Å²) in [6.07, 6.45) is 7.08. The second kappa shape index (κ2) is 5.50. The lowest BCUT2D eigenvalue weighted by Crippen LogP contribution is -2.49. The first-order valence-electron chi connectivity index (χ1n) is 8.41. The lowest BCUT2D eigenvalue weighted by Gasteiger charge is -2.38.